The number of fused-ring (bicyclic) bond motifs is 4. The van der Waals surface area contributed by atoms with Crippen molar-refractivity contribution in [1.82, 2.24) is 0 Å². The Hall–Kier alpha value is -4.52. The Morgan fingerprint density at radius 3 is 1.94 bits per heavy atom. The first kappa shape index (κ1) is 34.3. The summed E-state index contributed by atoms with van der Waals surface area (Å²) in [4.78, 5) is 20.0. The van der Waals surface area contributed by atoms with Crippen molar-refractivity contribution in [2.45, 2.75) is 52.9 Å². The number of rotatable bonds is 4. The quantitative estimate of drug-likeness (QED) is 0.386. The minimum Gasteiger partial charge on any atom is -0.875 e. The van der Waals surface area contributed by atoms with Crippen molar-refractivity contribution in [1.29, 1.82) is 0 Å². The summed E-state index contributed by atoms with van der Waals surface area (Å²) in [7, 11) is -1.33. The Morgan fingerprint density at radius 2 is 1.29 bits per heavy atom. The third kappa shape index (κ3) is 6.85. The Kier molecular flexibility index (Phi) is 9.16. The number of aryl methyl sites for hydroxylation is 1. The fourth-order valence-electron chi connectivity index (χ4n) is 6.21. The van der Waals surface area contributed by atoms with Crippen LogP contribution in [0.3, 0.4) is 0 Å². The summed E-state index contributed by atoms with van der Waals surface area (Å²) < 4.78 is 0. The van der Waals surface area contributed by atoms with E-state index in [-0.39, 0.29) is 31.0 Å². The molecule has 0 unspecified atom stereocenters. The molecule has 0 atom stereocenters. The molecule has 0 spiro atoms. The van der Waals surface area contributed by atoms with Crippen molar-refractivity contribution in [3.63, 3.8) is 0 Å². The first-order valence-corrected chi connectivity index (χ1v) is 20.1. The molecule has 5 aliphatic heterocycles. The molecule has 0 N–H and O–H groups in total. The molecule has 240 valence electrons. The minimum atomic E-state index is -1.33. The van der Waals surface area contributed by atoms with Crippen LogP contribution in [0, 0.1) is 12.3 Å². The molecule has 5 aliphatic rings. The summed E-state index contributed by atoms with van der Waals surface area (Å²) in [5.74, 6) is 0.114. The van der Waals surface area contributed by atoms with Crippen molar-refractivity contribution in [2.75, 3.05) is 0 Å². The molecular weight excluding hydrogens is 674 g/mol. The van der Waals surface area contributed by atoms with Crippen LogP contribution in [0.15, 0.2) is 146 Å². The molecule has 8 heteroatoms. The van der Waals surface area contributed by atoms with Gasteiger partial charge in [-0.2, -0.15) is 0 Å². The van der Waals surface area contributed by atoms with Crippen LogP contribution in [0.25, 0.3) is 16.9 Å². The van der Waals surface area contributed by atoms with Crippen molar-refractivity contribution in [3.8, 4) is 0 Å². The molecule has 6 nitrogen and oxygen atoms in total. The normalized spacial score (nSPS) is 19.0. The van der Waals surface area contributed by atoms with Gasteiger partial charge in [0.25, 0.3) is 0 Å². The van der Waals surface area contributed by atoms with Crippen LogP contribution < -0.4 is 20.7 Å². The second kappa shape index (κ2) is 13.1. The predicted molar refractivity (Wildman–Crippen MR) is 198 cm³/mol. The van der Waals surface area contributed by atoms with Gasteiger partial charge in [0.2, 0.25) is 0 Å². The fourth-order valence-corrected chi connectivity index (χ4v) is 7.19. The van der Waals surface area contributed by atoms with Gasteiger partial charge in [-0.3, -0.25) is 4.99 Å². The molecule has 49 heavy (non-hydrogen) atoms. The SMILES string of the molecule is Cc1ccc(C2=C3C=CC(=N3)C(=c3ccc(=C([O-])CC[Si](C)(C)C)cc3)C3=NC(=CC4=C([O-])C(C)(C)C(=N4)C=C4C=CC2=N4)C=C3)cc1.[Zn+2]. The molecule has 2 aromatic carbocycles. The van der Waals surface area contributed by atoms with Crippen LogP contribution in [0.4, 0.5) is 0 Å². The molecule has 7 rings (SSSR count). The topological polar surface area (TPSA) is 95.6 Å². The maximum atomic E-state index is 13.6. The largest absolute Gasteiger partial charge is 2.00 e. The number of hydrogen-bond donors (Lipinski definition) is 0. The molecule has 0 aromatic heterocycles. The maximum absolute atomic E-state index is 13.6. The summed E-state index contributed by atoms with van der Waals surface area (Å²) in [6.45, 7) is 12.7. The average molecular weight is 712 g/mol. The van der Waals surface area contributed by atoms with Gasteiger partial charge in [0.05, 0.1) is 45.6 Å². The van der Waals surface area contributed by atoms with Gasteiger partial charge in [0.15, 0.2) is 0 Å². The summed E-state index contributed by atoms with van der Waals surface area (Å²) in [5, 5.41) is 28.2. The van der Waals surface area contributed by atoms with Gasteiger partial charge in [-0.25, -0.2) is 15.0 Å². The van der Waals surface area contributed by atoms with Gasteiger partial charge in [0.1, 0.15) is 0 Å². The summed E-state index contributed by atoms with van der Waals surface area (Å²) >= 11 is 0. The first-order valence-electron chi connectivity index (χ1n) is 16.4. The van der Waals surface area contributed by atoms with Gasteiger partial charge in [-0.05, 0) is 78.0 Å². The second-order valence-electron chi connectivity index (χ2n) is 14.5. The number of benzene rings is 2. The van der Waals surface area contributed by atoms with E-state index >= 15 is 0 Å². The average Bonchev–Trinajstić information content (AvgIpc) is 3.85. The van der Waals surface area contributed by atoms with E-state index in [1.165, 1.54) is 5.56 Å². The van der Waals surface area contributed by atoms with Crippen molar-refractivity contribution in [3.05, 3.63) is 147 Å². The predicted octanol–water partition coefficient (Wildman–Crippen LogP) is 5.62. The van der Waals surface area contributed by atoms with Crippen LogP contribution in [0.1, 0.15) is 31.4 Å². The van der Waals surface area contributed by atoms with E-state index in [0.717, 1.165) is 56.5 Å². The zero-order valence-corrected chi connectivity index (χ0v) is 32.9. The zero-order valence-electron chi connectivity index (χ0n) is 29.0. The summed E-state index contributed by atoms with van der Waals surface area (Å²) in [5.41, 5.74) is 8.61. The minimum absolute atomic E-state index is 0. The molecule has 0 saturated carbocycles. The molecule has 8 bridgehead atoms. The molecule has 0 fully saturated rings. The van der Waals surface area contributed by atoms with E-state index in [9.17, 15) is 10.2 Å². The standard InChI is InChI=1S/C41H40N4O2Si.Zn/c1-25-7-9-27(10-8-25)38-32-18-16-30(43-32)24-37-41(2,3)40(47)35(45-37)23-29-15-17-31(42-29)39(34-20-19-33(38)44-34)28-13-11-26(12-14-28)36(46)21-22-48(4,5)6;/h7-20,23-24,46-47H,21-22H2,1-6H3;/q;+2/p-2. The molecule has 2 aromatic rings. The molecule has 0 amide bonds. The van der Waals surface area contributed by atoms with E-state index in [1.807, 2.05) is 80.6 Å². The third-order valence-electron chi connectivity index (χ3n) is 9.18. The number of allylic oxidation sites excluding steroid dienone is 10. The smallest absolute Gasteiger partial charge is 0.875 e. The molecule has 0 saturated heterocycles. The molecular formula is C41H38N4O2SiZn. The van der Waals surface area contributed by atoms with E-state index in [0.29, 0.717) is 28.7 Å². The van der Waals surface area contributed by atoms with Crippen LogP contribution in [0.2, 0.25) is 25.7 Å². The van der Waals surface area contributed by atoms with E-state index < -0.39 is 13.5 Å². The van der Waals surface area contributed by atoms with Crippen molar-refractivity contribution >= 4 is 47.8 Å². The van der Waals surface area contributed by atoms with Gasteiger partial charge in [-0.1, -0.05) is 99.4 Å². The van der Waals surface area contributed by atoms with Crippen LogP contribution >= 0.6 is 0 Å². The van der Waals surface area contributed by atoms with Crippen LogP contribution in [-0.2, 0) is 19.5 Å². The van der Waals surface area contributed by atoms with Crippen molar-refractivity contribution < 1.29 is 29.7 Å². The van der Waals surface area contributed by atoms with Gasteiger partial charge < -0.3 is 10.2 Å². The summed E-state index contributed by atoms with van der Waals surface area (Å²) in [6, 6.07) is 17.1. The van der Waals surface area contributed by atoms with Gasteiger partial charge in [0, 0.05) is 24.6 Å². The zero-order chi connectivity index (χ0) is 33.8. The van der Waals surface area contributed by atoms with E-state index in [4.69, 9.17) is 20.0 Å². The Labute approximate surface area is 301 Å². The second-order valence-corrected chi connectivity index (χ2v) is 20.1. The molecule has 0 radical (unpaired) electrons. The Balaban J connectivity index is 0.00000417. The Morgan fingerprint density at radius 1 is 0.694 bits per heavy atom. The molecule has 5 heterocycles. The van der Waals surface area contributed by atoms with E-state index in [1.54, 1.807) is 6.08 Å². The summed E-state index contributed by atoms with van der Waals surface area (Å²) in [6.07, 6.45) is 16.1. The monoisotopic (exact) mass is 710 g/mol. The van der Waals surface area contributed by atoms with Crippen molar-refractivity contribution in [2.24, 2.45) is 25.4 Å². The number of aliphatic imine (C=N–C) groups is 4. The Bertz CT molecular complexity index is 2220. The maximum Gasteiger partial charge on any atom is 2.00 e. The number of nitrogens with zero attached hydrogens (tertiary/aromatic N) is 4. The van der Waals surface area contributed by atoms with Crippen LogP contribution in [0.5, 0.6) is 0 Å². The first-order chi connectivity index (χ1) is 22.9. The van der Waals surface area contributed by atoms with Crippen LogP contribution in [-0.4, -0.2) is 30.9 Å². The number of hydrogen-bond acceptors (Lipinski definition) is 6. The van der Waals surface area contributed by atoms with E-state index in [2.05, 4.69) is 50.8 Å². The third-order valence-corrected chi connectivity index (χ3v) is 10.9. The fraction of sp³-hybridized carbons (Fsp3) is 0.220. The van der Waals surface area contributed by atoms with Gasteiger partial charge >= 0.3 is 19.5 Å². The van der Waals surface area contributed by atoms with Gasteiger partial charge in [-0.15, -0.1) is 5.76 Å². The molecule has 0 aliphatic carbocycles.